The Kier molecular flexibility index (Phi) is 6.32. The molecule has 2 N–H and O–H groups in total. The van der Waals surface area contributed by atoms with Crippen molar-refractivity contribution in [2.75, 3.05) is 6.61 Å². The molecule has 5 heteroatoms. The van der Waals surface area contributed by atoms with Gasteiger partial charge in [0.2, 0.25) is 5.91 Å². The second-order valence-electron chi connectivity index (χ2n) is 5.85. The zero-order chi connectivity index (χ0) is 17.5. The largest absolute Gasteiger partial charge is 0.481 e. The molecule has 2 atom stereocenters. The summed E-state index contributed by atoms with van der Waals surface area (Å²) in [6, 6.07) is 12.9. The lowest BCUT2D eigenvalue weighted by Gasteiger charge is -2.19. The number of aliphatic carboxylic acids is 1. The predicted molar refractivity (Wildman–Crippen MR) is 92.8 cm³/mol. The molecule has 0 aliphatic heterocycles. The molecular weight excluding hydrogens is 306 g/mol. The number of hydrogen-bond acceptors (Lipinski definition) is 3. The molecule has 2 rings (SSSR count). The molecule has 0 bridgehead atoms. The molecular formula is C19H23NO4. The number of hydrogen-bond donors (Lipinski definition) is 2. The molecule has 0 saturated heterocycles. The van der Waals surface area contributed by atoms with E-state index in [0.717, 1.165) is 22.8 Å². The molecule has 0 spiro atoms. The van der Waals surface area contributed by atoms with Crippen molar-refractivity contribution >= 4 is 22.6 Å². The lowest BCUT2D eigenvalue weighted by molar-refractivity contribution is -0.138. The Labute approximate surface area is 141 Å². The van der Waals surface area contributed by atoms with Crippen molar-refractivity contribution in [3.8, 4) is 0 Å². The Bertz CT molecular complexity index is 713. The third kappa shape index (κ3) is 5.06. The first-order valence-corrected chi connectivity index (χ1v) is 8.11. The van der Waals surface area contributed by atoms with Crippen molar-refractivity contribution in [2.24, 2.45) is 0 Å². The van der Waals surface area contributed by atoms with E-state index >= 15 is 0 Å². The van der Waals surface area contributed by atoms with Gasteiger partial charge in [0.25, 0.3) is 0 Å². The quantitative estimate of drug-likeness (QED) is 0.779. The number of carboxylic acid groups (broad SMARTS) is 1. The van der Waals surface area contributed by atoms with Gasteiger partial charge in [-0.05, 0) is 35.7 Å². The van der Waals surface area contributed by atoms with E-state index in [1.807, 2.05) is 56.3 Å². The van der Waals surface area contributed by atoms with Crippen molar-refractivity contribution in [3.63, 3.8) is 0 Å². The number of carboxylic acids is 1. The maximum absolute atomic E-state index is 12.1. The SMILES string of the molecule is CCC(C)OCC(=O)N[C@@H](CC(=O)O)c1ccc2ccccc2c1. The van der Waals surface area contributed by atoms with E-state index in [9.17, 15) is 9.59 Å². The predicted octanol–water partition coefficient (Wildman–Crippen LogP) is 3.29. The van der Waals surface area contributed by atoms with Crippen LogP contribution in [0.25, 0.3) is 10.8 Å². The number of rotatable bonds is 8. The highest BCUT2D eigenvalue weighted by molar-refractivity contribution is 5.84. The van der Waals surface area contributed by atoms with Crippen LogP contribution >= 0.6 is 0 Å². The highest BCUT2D eigenvalue weighted by Crippen LogP contribution is 2.22. The number of amides is 1. The second kappa shape index (κ2) is 8.45. The fourth-order valence-corrected chi connectivity index (χ4v) is 2.42. The van der Waals surface area contributed by atoms with Crippen LogP contribution in [-0.4, -0.2) is 29.7 Å². The van der Waals surface area contributed by atoms with Crippen molar-refractivity contribution in [3.05, 3.63) is 48.0 Å². The zero-order valence-electron chi connectivity index (χ0n) is 14.0. The molecule has 128 valence electrons. The van der Waals surface area contributed by atoms with Gasteiger partial charge in [-0.3, -0.25) is 9.59 Å². The van der Waals surface area contributed by atoms with E-state index in [0.29, 0.717) is 0 Å². The maximum Gasteiger partial charge on any atom is 0.305 e. The number of fused-ring (bicyclic) bond motifs is 1. The number of ether oxygens (including phenoxy) is 1. The normalized spacial score (nSPS) is 13.4. The summed E-state index contributed by atoms with van der Waals surface area (Å²) in [6.07, 6.45) is 0.638. The number of benzene rings is 2. The fourth-order valence-electron chi connectivity index (χ4n) is 2.42. The summed E-state index contributed by atoms with van der Waals surface area (Å²) in [5, 5.41) is 14.0. The van der Waals surface area contributed by atoms with Crippen molar-refractivity contribution < 1.29 is 19.4 Å². The third-order valence-corrected chi connectivity index (χ3v) is 3.96. The molecule has 0 aromatic heterocycles. The molecule has 0 aliphatic carbocycles. The standard InChI is InChI=1S/C19H23NO4/c1-3-13(2)24-12-18(21)20-17(11-19(22)23)16-9-8-14-6-4-5-7-15(14)10-16/h4-10,13,17H,3,11-12H2,1-2H3,(H,20,21)(H,22,23)/t13?,17-/m0/s1. The number of nitrogens with one attached hydrogen (secondary N) is 1. The van der Waals surface area contributed by atoms with Gasteiger partial charge in [0.15, 0.2) is 0 Å². The lowest BCUT2D eigenvalue weighted by Crippen LogP contribution is -2.33. The first-order chi connectivity index (χ1) is 11.5. The molecule has 2 aromatic rings. The summed E-state index contributed by atoms with van der Waals surface area (Å²) in [7, 11) is 0. The van der Waals surface area contributed by atoms with Gasteiger partial charge in [0.1, 0.15) is 6.61 Å². The minimum absolute atomic E-state index is 0.00524. The van der Waals surface area contributed by atoms with Gasteiger partial charge < -0.3 is 15.2 Å². The molecule has 1 amide bonds. The van der Waals surface area contributed by atoms with Crippen LogP contribution in [0.1, 0.15) is 38.3 Å². The van der Waals surface area contributed by atoms with E-state index in [1.165, 1.54) is 0 Å². The minimum Gasteiger partial charge on any atom is -0.481 e. The Hall–Kier alpha value is -2.40. The fraction of sp³-hybridized carbons (Fsp3) is 0.368. The van der Waals surface area contributed by atoms with Gasteiger partial charge in [0, 0.05) is 0 Å². The smallest absolute Gasteiger partial charge is 0.305 e. The first-order valence-electron chi connectivity index (χ1n) is 8.11. The number of carbonyl (C=O) groups is 2. The molecule has 0 heterocycles. The maximum atomic E-state index is 12.1. The monoisotopic (exact) mass is 329 g/mol. The van der Waals surface area contributed by atoms with Crippen LogP contribution in [0.3, 0.4) is 0 Å². The van der Waals surface area contributed by atoms with Gasteiger partial charge in [-0.15, -0.1) is 0 Å². The molecule has 24 heavy (non-hydrogen) atoms. The van der Waals surface area contributed by atoms with E-state index in [1.54, 1.807) is 0 Å². The summed E-state index contributed by atoms with van der Waals surface area (Å²) < 4.78 is 5.41. The first kappa shape index (κ1) is 17.9. The second-order valence-corrected chi connectivity index (χ2v) is 5.85. The Morgan fingerprint density at radius 2 is 1.88 bits per heavy atom. The van der Waals surface area contributed by atoms with Crippen LogP contribution in [0.4, 0.5) is 0 Å². The molecule has 2 aromatic carbocycles. The van der Waals surface area contributed by atoms with E-state index in [4.69, 9.17) is 9.84 Å². The van der Waals surface area contributed by atoms with Crippen LogP contribution in [-0.2, 0) is 14.3 Å². The topological polar surface area (TPSA) is 75.6 Å². The van der Waals surface area contributed by atoms with Crippen LogP contribution in [0.5, 0.6) is 0 Å². The van der Waals surface area contributed by atoms with Gasteiger partial charge in [-0.2, -0.15) is 0 Å². The van der Waals surface area contributed by atoms with Crippen LogP contribution in [0, 0.1) is 0 Å². The van der Waals surface area contributed by atoms with Crippen molar-refractivity contribution in [1.29, 1.82) is 0 Å². The van der Waals surface area contributed by atoms with E-state index in [-0.39, 0.29) is 25.0 Å². The number of carbonyl (C=O) groups excluding carboxylic acids is 1. The summed E-state index contributed by atoms with van der Waals surface area (Å²) in [4.78, 5) is 23.2. The molecule has 0 radical (unpaired) electrons. The van der Waals surface area contributed by atoms with Crippen LogP contribution in [0.2, 0.25) is 0 Å². The van der Waals surface area contributed by atoms with Crippen molar-refractivity contribution in [1.82, 2.24) is 5.32 Å². The molecule has 0 saturated carbocycles. The molecule has 5 nitrogen and oxygen atoms in total. The minimum atomic E-state index is -0.962. The molecule has 0 fully saturated rings. The van der Waals surface area contributed by atoms with Gasteiger partial charge in [-0.1, -0.05) is 43.3 Å². The highest BCUT2D eigenvalue weighted by atomic mass is 16.5. The van der Waals surface area contributed by atoms with E-state index in [2.05, 4.69) is 5.32 Å². The average Bonchev–Trinajstić information content (AvgIpc) is 2.58. The summed E-state index contributed by atoms with van der Waals surface area (Å²) in [5.74, 6) is -1.27. The third-order valence-electron chi connectivity index (χ3n) is 3.96. The summed E-state index contributed by atoms with van der Waals surface area (Å²) >= 11 is 0. The lowest BCUT2D eigenvalue weighted by atomic mass is 9.99. The molecule has 1 unspecified atom stereocenters. The Morgan fingerprint density at radius 1 is 1.17 bits per heavy atom. The van der Waals surface area contributed by atoms with Gasteiger partial charge in [-0.25, -0.2) is 0 Å². The highest BCUT2D eigenvalue weighted by Gasteiger charge is 2.19. The van der Waals surface area contributed by atoms with Gasteiger partial charge >= 0.3 is 5.97 Å². The average molecular weight is 329 g/mol. The van der Waals surface area contributed by atoms with Gasteiger partial charge in [0.05, 0.1) is 18.6 Å². The molecule has 0 aliphatic rings. The van der Waals surface area contributed by atoms with Crippen LogP contribution < -0.4 is 5.32 Å². The summed E-state index contributed by atoms with van der Waals surface area (Å²) in [5.41, 5.74) is 0.771. The van der Waals surface area contributed by atoms with E-state index < -0.39 is 12.0 Å². The Balaban J connectivity index is 2.14. The van der Waals surface area contributed by atoms with Crippen molar-refractivity contribution in [2.45, 2.75) is 38.8 Å². The summed E-state index contributed by atoms with van der Waals surface area (Å²) in [6.45, 7) is 3.80. The zero-order valence-corrected chi connectivity index (χ0v) is 14.0. The van der Waals surface area contributed by atoms with Crippen LogP contribution in [0.15, 0.2) is 42.5 Å². The Morgan fingerprint density at radius 3 is 2.54 bits per heavy atom.